The summed E-state index contributed by atoms with van der Waals surface area (Å²) in [6.07, 6.45) is 1.48. The molecule has 1 heterocycles. The van der Waals surface area contributed by atoms with Crippen molar-refractivity contribution < 1.29 is 19.1 Å². The summed E-state index contributed by atoms with van der Waals surface area (Å²) >= 11 is 0. The molecule has 1 atom stereocenters. The number of amides is 1. The van der Waals surface area contributed by atoms with E-state index in [-0.39, 0.29) is 0 Å². The number of fused-ring (bicyclic) bond motifs is 1. The number of nitrogens with zero attached hydrogens (tertiary/aromatic N) is 1. The molecule has 6 heteroatoms. The fourth-order valence-electron chi connectivity index (χ4n) is 3.08. The van der Waals surface area contributed by atoms with Crippen molar-refractivity contribution in [2.45, 2.75) is 38.8 Å². The van der Waals surface area contributed by atoms with Gasteiger partial charge in [0.1, 0.15) is 11.6 Å². The Morgan fingerprint density at radius 3 is 2.40 bits per heavy atom. The van der Waals surface area contributed by atoms with Gasteiger partial charge in [-0.15, -0.1) is 0 Å². The first-order chi connectivity index (χ1) is 14.2. The van der Waals surface area contributed by atoms with Crippen LogP contribution < -0.4 is 5.32 Å². The van der Waals surface area contributed by atoms with Gasteiger partial charge in [0.05, 0.1) is 12.6 Å². The molecule has 0 bridgehead atoms. The molecule has 0 spiro atoms. The number of hydrogen-bond donors (Lipinski definition) is 1. The molecule has 0 aliphatic heterocycles. The van der Waals surface area contributed by atoms with Crippen molar-refractivity contribution in [3.63, 3.8) is 0 Å². The van der Waals surface area contributed by atoms with Crippen LogP contribution in [0.25, 0.3) is 22.0 Å². The summed E-state index contributed by atoms with van der Waals surface area (Å²) in [4.78, 5) is 28.7. The molecule has 3 aromatic rings. The van der Waals surface area contributed by atoms with Crippen molar-refractivity contribution in [2.75, 3.05) is 7.11 Å². The van der Waals surface area contributed by atoms with E-state index in [1.807, 2.05) is 54.7 Å². The van der Waals surface area contributed by atoms with Crippen molar-refractivity contribution in [3.8, 4) is 11.1 Å². The maximum absolute atomic E-state index is 12.1. The Morgan fingerprint density at radius 1 is 1.03 bits per heavy atom. The molecule has 30 heavy (non-hydrogen) atoms. The second kappa shape index (κ2) is 8.95. The fourth-order valence-corrected chi connectivity index (χ4v) is 3.08. The van der Waals surface area contributed by atoms with E-state index in [2.05, 4.69) is 16.4 Å². The number of pyridine rings is 1. The second-order valence-corrected chi connectivity index (χ2v) is 8.04. The van der Waals surface area contributed by atoms with E-state index in [0.717, 1.165) is 27.6 Å². The van der Waals surface area contributed by atoms with E-state index >= 15 is 0 Å². The van der Waals surface area contributed by atoms with E-state index in [4.69, 9.17) is 9.47 Å². The van der Waals surface area contributed by atoms with Gasteiger partial charge in [-0.05, 0) is 44.0 Å². The number of aromatic nitrogens is 1. The summed E-state index contributed by atoms with van der Waals surface area (Å²) in [6.45, 7) is 5.29. The lowest BCUT2D eigenvalue weighted by atomic mass is 10.0. The zero-order chi connectivity index (χ0) is 21.7. The predicted molar refractivity (Wildman–Crippen MR) is 116 cm³/mol. The zero-order valence-corrected chi connectivity index (χ0v) is 17.6. The third kappa shape index (κ3) is 5.56. The number of benzene rings is 2. The minimum absolute atomic E-state index is 0.294. The third-order valence-corrected chi connectivity index (χ3v) is 4.49. The smallest absolute Gasteiger partial charge is 0.408 e. The lowest BCUT2D eigenvalue weighted by Crippen LogP contribution is -2.45. The van der Waals surface area contributed by atoms with Crippen LogP contribution in [0.1, 0.15) is 26.3 Å². The van der Waals surface area contributed by atoms with E-state index in [1.54, 1.807) is 20.8 Å². The topological polar surface area (TPSA) is 77.5 Å². The number of methoxy groups -OCH3 is 1. The van der Waals surface area contributed by atoms with E-state index in [1.165, 1.54) is 7.11 Å². The predicted octanol–water partition coefficient (Wildman–Crippen LogP) is 4.51. The molecule has 0 unspecified atom stereocenters. The number of carbonyl (C=O) groups excluding carboxylic acids is 2. The van der Waals surface area contributed by atoms with Crippen LogP contribution in [-0.2, 0) is 20.7 Å². The summed E-state index contributed by atoms with van der Waals surface area (Å²) < 4.78 is 10.1. The van der Waals surface area contributed by atoms with Crippen LogP contribution in [0.4, 0.5) is 4.79 Å². The molecule has 0 saturated heterocycles. The number of rotatable bonds is 5. The largest absolute Gasteiger partial charge is 0.467 e. The maximum Gasteiger partial charge on any atom is 0.408 e. The van der Waals surface area contributed by atoms with Crippen LogP contribution in [0, 0.1) is 0 Å². The Labute approximate surface area is 176 Å². The van der Waals surface area contributed by atoms with Gasteiger partial charge in [0, 0.05) is 23.6 Å². The molecule has 156 valence electrons. The third-order valence-electron chi connectivity index (χ3n) is 4.49. The first-order valence-corrected chi connectivity index (χ1v) is 9.76. The van der Waals surface area contributed by atoms with Crippen LogP contribution in [-0.4, -0.2) is 35.8 Å². The summed E-state index contributed by atoms with van der Waals surface area (Å²) in [5.41, 5.74) is 3.22. The molecular formula is C24H26N2O4. The van der Waals surface area contributed by atoms with Crippen molar-refractivity contribution in [3.05, 3.63) is 66.4 Å². The highest BCUT2D eigenvalue weighted by Crippen LogP contribution is 2.23. The quantitative estimate of drug-likeness (QED) is 0.631. The van der Waals surface area contributed by atoms with Crippen LogP contribution in [0.5, 0.6) is 0 Å². The van der Waals surface area contributed by atoms with Gasteiger partial charge >= 0.3 is 12.1 Å². The van der Waals surface area contributed by atoms with Gasteiger partial charge in [-0.2, -0.15) is 0 Å². The normalized spacial score (nSPS) is 12.3. The maximum atomic E-state index is 12.1. The number of hydrogen-bond acceptors (Lipinski definition) is 5. The first kappa shape index (κ1) is 21.3. The molecular weight excluding hydrogens is 380 g/mol. The van der Waals surface area contributed by atoms with Gasteiger partial charge in [-0.3, -0.25) is 4.98 Å². The van der Waals surface area contributed by atoms with Gasteiger partial charge in [-0.1, -0.05) is 42.5 Å². The Hall–Kier alpha value is -3.41. The van der Waals surface area contributed by atoms with Crippen molar-refractivity contribution >= 4 is 23.0 Å². The Bertz CT molecular complexity index is 1040. The Morgan fingerprint density at radius 2 is 1.73 bits per heavy atom. The average Bonchev–Trinajstić information content (AvgIpc) is 2.71. The molecule has 0 fully saturated rings. The van der Waals surface area contributed by atoms with Gasteiger partial charge in [-0.25, -0.2) is 9.59 Å². The molecule has 0 saturated carbocycles. The van der Waals surface area contributed by atoms with Crippen LogP contribution >= 0.6 is 0 Å². The van der Waals surface area contributed by atoms with E-state index in [0.29, 0.717) is 6.42 Å². The van der Waals surface area contributed by atoms with E-state index in [9.17, 15) is 9.59 Å². The highest BCUT2D eigenvalue weighted by atomic mass is 16.6. The minimum atomic E-state index is -0.835. The average molecular weight is 406 g/mol. The van der Waals surface area contributed by atoms with Crippen LogP contribution in [0.15, 0.2) is 60.8 Å². The highest BCUT2D eigenvalue weighted by Gasteiger charge is 2.25. The second-order valence-electron chi connectivity index (χ2n) is 8.04. The summed E-state index contributed by atoms with van der Waals surface area (Å²) in [6, 6.07) is 17.0. The fraction of sp³-hybridized carbons (Fsp3) is 0.292. The van der Waals surface area contributed by atoms with Crippen LogP contribution in [0.3, 0.4) is 0 Å². The number of alkyl carbamates (subject to hydrolysis) is 1. The summed E-state index contributed by atoms with van der Waals surface area (Å²) in [5, 5.41) is 3.67. The van der Waals surface area contributed by atoms with Crippen LogP contribution in [0.2, 0.25) is 0 Å². The van der Waals surface area contributed by atoms with E-state index < -0.39 is 23.7 Å². The molecule has 0 radical (unpaired) electrons. The van der Waals surface area contributed by atoms with Gasteiger partial charge in [0.15, 0.2) is 0 Å². The molecule has 0 aliphatic carbocycles. The van der Waals surface area contributed by atoms with Crippen molar-refractivity contribution in [1.29, 1.82) is 0 Å². The molecule has 1 N–H and O–H groups in total. The lowest BCUT2D eigenvalue weighted by molar-refractivity contribution is -0.143. The Kier molecular flexibility index (Phi) is 6.35. The molecule has 1 aromatic heterocycles. The SMILES string of the molecule is COC(=O)[C@H](Cc1ccc(-c2cnc3ccccc3c2)cc1)NC(=O)OC(C)(C)C. The number of esters is 1. The highest BCUT2D eigenvalue weighted by molar-refractivity contribution is 5.84. The lowest BCUT2D eigenvalue weighted by Gasteiger charge is -2.22. The first-order valence-electron chi connectivity index (χ1n) is 9.76. The summed E-state index contributed by atoms with van der Waals surface area (Å²) in [7, 11) is 1.29. The molecule has 3 rings (SSSR count). The number of nitrogens with one attached hydrogen (secondary N) is 1. The van der Waals surface area contributed by atoms with Crippen molar-refractivity contribution in [2.24, 2.45) is 0 Å². The molecule has 0 aliphatic rings. The monoisotopic (exact) mass is 406 g/mol. The molecule has 6 nitrogen and oxygen atoms in total. The van der Waals surface area contributed by atoms with Gasteiger partial charge in [0.25, 0.3) is 0 Å². The molecule has 1 amide bonds. The number of carbonyl (C=O) groups is 2. The standard InChI is InChI=1S/C24H26N2O4/c1-24(2,3)30-23(28)26-21(22(27)29-4)13-16-9-11-17(12-10-16)19-14-18-7-5-6-8-20(18)25-15-19/h5-12,14-15,21H,13H2,1-4H3,(H,26,28)/t21-/m0/s1. The summed E-state index contributed by atoms with van der Waals surface area (Å²) in [5.74, 6) is -0.524. The van der Waals surface area contributed by atoms with Crippen molar-refractivity contribution in [1.82, 2.24) is 10.3 Å². The zero-order valence-electron chi connectivity index (χ0n) is 17.6. The molecule has 2 aromatic carbocycles. The number of ether oxygens (including phenoxy) is 2. The van der Waals surface area contributed by atoms with Gasteiger partial charge < -0.3 is 14.8 Å². The Balaban J connectivity index is 1.74. The number of para-hydroxylation sites is 1. The van der Waals surface area contributed by atoms with Gasteiger partial charge in [0.2, 0.25) is 0 Å². The minimum Gasteiger partial charge on any atom is -0.467 e.